The molecule has 2 aromatic rings. The molecule has 0 unspecified atom stereocenters. The summed E-state index contributed by atoms with van der Waals surface area (Å²) in [5.41, 5.74) is 0.626. The van der Waals surface area contributed by atoms with Crippen molar-refractivity contribution in [3.63, 3.8) is 0 Å². The fraction of sp³-hybridized carbons (Fsp3) is 0.111. The molecule has 1 aromatic carbocycles. The molecule has 84 valence electrons. The number of rotatable bonds is 4. The van der Waals surface area contributed by atoms with Crippen LogP contribution in [0.5, 0.6) is 0 Å². The largest absolute Gasteiger partial charge is 0.243 e. The van der Waals surface area contributed by atoms with Crippen LogP contribution >= 0.6 is 0 Å². The monoisotopic (exact) mass is 239 g/mol. The predicted octanol–water partition coefficient (Wildman–Crippen LogP) is 0.687. The summed E-state index contributed by atoms with van der Waals surface area (Å²) in [5, 5.41) is 7.14. The zero-order valence-electron chi connectivity index (χ0n) is 8.25. The minimum Gasteiger partial charge on any atom is -0.243 e. The molecule has 0 atom stereocenters. The summed E-state index contributed by atoms with van der Waals surface area (Å²) in [7, 11) is -3.60. The molecule has 1 aromatic heterocycles. The zero-order valence-corrected chi connectivity index (χ0v) is 9.07. The highest BCUT2D eigenvalue weighted by atomic mass is 32.2. The topological polar surface area (TPSA) is 85.1 Å². The molecule has 0 amide bonds. The maximum atomic E-state index is 11.8. The Kier molecular flexibility index (Phi) is 2.71. The van der Waals surface area contributed by atoms with Gasteiger partial charge in [-0.1, -0.05) is 12.1 Å². The molecule has 0 bridgehead atoms. The molecule has 0 fully saturated rings. The molecular weight excluding hydrogens is 230 g/mol. The van der Waals surface area contributed by atoms with E-state index in [0.717, 1.165) is 0 Å². The molecule has 6 nitrogen and oxygen atoms in total. The van der Waals surface area contributed by atoms with Crippen LogP contribution in [0.1, 0.15) is 0 Å². The summed E-state index contributed by atoms with van der Waals surface area (Å²) >= 11 is 0. The van der Waals surface area contributed by atoms with Crippen molar-refractivity contribution in [3.8, 4) is 0 Å². The summed E-state index contributed by atoms with van der Waals surface area (Å²) in [4.78, 5) is 0.0492. The van der Waals surface area contributed by atoms with Crippen LogP contribution in [0.4, 0.5) is 0 Å². The van der Waals surface area contributed by atoms with Crippen LogP contribution in [0.3, 0.4) is 0 Å². The van der Waals surface area contributed by atoms with Crippen LogP contribution < -0.4 is 4.72 Å². The van der Waals surface area contributed by atoms with Gasteiger partial charge in [0.1, 0.15) is 10.4 Å². The van der Waals surface area contributed by atoms with Crippen molar-refractivity contribution < 1.29 is 13.0 Å². The number of benzene rings is 1. The first kappa shape index (κ1) is 10.8. The number of hydrogen-bond donors (Lipinski definition) is 1. The molecule has 16 heavy (non-hydrogen) atoms. The lowest BCUT2D eigenvalue weighted by Gasteiger charge is -2.03. The summed E-state index contributed by atoms with van der Waals surface area (Å²) in [6, 6.07) is 4.64. The molecule has 0 saturated carbocycles. The Morgan fingerprint density at radius 2 is 2.25 bits per heavy atom. The lowest BCUT2D eigenvalue weighted by atomic mass is 10.3. The van der Waals surface area contributed by atoms with Crippen LogP contribution in [0, 0.1) is 0 Å². The van der Waals surface area contributed by atoms with Gasteiger partial charge in [0.05, 0.1) is 0 Å². The number of hydrogen-bond acceptors (Lipinski definition) is 5. The summed E-state index contributed by atoms with van der Waals surface area (Å²) in [6.07, 6.45) is 1.46. The van der Waals surface area contributed by atoms with Crippen molar-refractivity contribution in [2.75, 3.05) is 6.54 Å². The van der Waals surface area contributed by atoms with Crippen LogP contribution in [0.2, 0.25) is 0 Å². The normalized spacial score (nSPS) is 11.8. The van der Waals surface area contributed by atoms with Gasteiger partial charge in [-0.3, -0.25) is 0 Å². The maximum Gasteiger partial charge on any atom is 0.243 e. The van der Waals surface area contributed by atoms with E-state index in [4.69, 9.17) is 0 Å². The summed E-state index contributed by atoms with van der Waals surface area (Å²) < 4.78 is 30.5. The van der Waals surface area contributed by atoms with Gasteiger partial charge in [0.2, 0.25) is 10.0 Å². The molecule has 0 aliphatic heterocycles. The molecule has 2 rings (SSSR count). The Labute approximate surface area is 92.0 Å². The molecule has 1 heterocycles. The predicted molar refractivity (Wildman–Crippen MR) is 57.2 cm³/mol. The van der Waals surface area contributed by atoms with Gasteiger partial charge in [-0.2, -0.15) is 0 Å². The third kappa shape index (κ3) is 1.82. The first-order valence-electron chi connectivity index (χ1n) is 4.47. The second kappa shape index (κ2) is 4.03. The van der Waals surface area contributed by atoms with Crippen molar-refractivity contribution in [3.05, 3.63) is 30.9 Å². The molecule has 0 spiro atoms. The van der Waals surface area contributed by atoms with Crippen molar-refractivity contribution in [2.24, 2.45) is 0 Å². The van der Waals surface area contributed by atoms with E-state index in [1.165, 1.54) is 12.1 Å². The highest BCUT2D eigenvalue weighted by molar-refractivity contribution is 7.89. The van der Waals surface area contributed by atoms with E-state index in [0.29, 0.717) is 5.52 Å². The van der Waals surface area contributed by atoms with Gasteiger partial charge in [0.25, 0.3) is 0 Å². The van der Waals surface area contributed by atoms with Crippen LogP contribution in [-0.4, -0.2) is 25.3 Å². The minimum atomic E-state index is -3.60. The van der Waals surface area contributed by atoms with E-state index >= 15 is 0 Å². The van der Waals surface area contributed by atoms with E-state index < -0.39 is 10.0 Å². The third-order valence-electron chi connectivity index (χ3n) is 1.96. The fourth-order valence-electron chi connectivity index (χ4n) is 1.24. The van der Waals surface area contributed by atoms with E-state index in [1.54, 1.807) is 12.1 Å². The minimum absolute atomic E-state index is 0.0492. The molecule has 0 aliphatic carbocycles. The molecular formula is C9H9N3O3S. The van der Waals surface area contributed by atoms with Gasteiger partial charge in [-0.05, 0) is 22.4 Å². The van der Waals surface area contributed by atoms with Gasteiger partial charge in [0.15, 0.2) is 5.52 Å². The molecule has 0 radical (unpaired) electrons. The highest BCUT2D eigenvalue weighted by Gasteiger charge is 2.18. The SMILES string of the molecule is C=CCNS(=O)(=O)c1cccc2nonc12. The number of nitrogens with one attached hydrogen (secondary N) is 1. The molecule has 1 N–H and O–H groups in total. The van der Waals surface area contributed by atoms with Crippen molar-refractivity contribution in [1.82, 2.24) is 15.0 Å². The van der Waals surface area contributed by atoms with Crippen molar-refractivity contribution in [1.29, 1.82) is 0 Å². The van der Waals surface area contributed by atoms with E-state index in [-0.39, 0.29) is 17.0 Å². The van der Waals surface area contributed by atoms with E-state index in [2.05, 4.69) is 26.2 Å². The Bertz CT molecular complexity index is 618. The average Bonchev–Trinajstić information content (AvgIpc) is 2.73. The van der Waals surface area contributed by atoms with Gasteiger partial charge in [0, 0.05) is 6.54 Å². The second-order valence-corrected chi connectivity index (χ2v) is 4.76. The van der Waals surface area contributed by atoms with Gasteiger partial charge < -0.3 is 0 Å². The van der Waals surface area contributed by atoms with E-state index in [1.807, 2.05) is 0 Å². The first-order chi connectivity index (χ1) is 7.65. The van der Waals surface area contributed by atoms with Crippen molar-refractivity contribution in [2.45, 2.75) is 4.90 Å². The Morgan fingerprint density at radius 3 is 3.00 bits per heavy atom. The number of sulfonamides is 1. The Morgan fingerprint density at radius 1 is 1.44 bits per heavy atom. The molecule has 0 saturated heterocycles. The number of aromatic nitrogens is 2. The molecule has 7 heteroatoms. The van der Waals surface area contributed by atoms with Crippen LogP contribution in [0.15, 0.2) is 40.4 Å². The summed E-state index contributed by atoms with van der Waals surface area (Å²) in [5.74, 6) is 0. The first-order valence-corrected chi connectivity index (χ1v) is 5.95. The Balaban J connectivity index is 2.54. The van der Waals surface area contributed by atoms with Crippen LogP contribution in [-0.2, 0) is 10.0 Å². The average molecular weight is 239 g/mol. The summed E-state index contributed by atoms with van der Waals surface area (Å²) in [6.45, 7) is 3.59. The van der Waals surface area contributed by atoms with Crippen LogP contribution in [0.25, 0.3) is 11.0 Å². The second-order valence-electron chi connectivity index (χ2n) is 3.03. The molecule has 0 aliphatic rings. The van der Waals surface area contributed by atoms with Gasteiger partial charge in [-0.25, -0.2) is 17.8 Å². The number of nitrogens with zero attached hydrogens (tertiary/aromatic N) is 2. The van der Waals surface area contributed by atoms with Gasteiger partial charge >= 0.3 is 0 Å². The third-order valence-corrected chi connectivity index (χ3v) is 3.41. The lowest BCUT2D eigenvalue weighted by Crippen LogP contribution is -2.23. The number of fused-ring (bicyclic) bond motifs is 1. The Hall–Kier alpha value is -1.73. The maximum absolute atomic E-state index is 11.8. The highest BCUT2D eigenvalue weighted by Crippen LogP contribution is 2.19. The van der Waals surface area contributed by atoms with Crippen molar-refractivity contribution >= 4 is 21.1 Å². The fourth-order valence-corrected chi connectivity index (χ4v) is 2.39. The smallest absolute Gasteiger partial charge is 0.243 e. The zero-order chi connectivity index (χ0) is 11.6. The standard InChI is InChI=1S/C9H9N3O3S/c1-2-6-10-16(13,14)8-5-3-4-7-9(8)12-15-11-7/h2-5,10H,1,6H2. The van der Waals surface area contributed by atoms with E-state index in [9.17, 15) is 8.42 Å². The van der Waals surface area contributed by atoms with Gasteiger partial charge in [-0.15, -0.1) is 6.58 Å². The lowest BCUT2D eigenvalue weighted by molar-refractivity contribution is 0.315. The quantitative estimate of drug-likeness (QED) is 0.793.